The molecule has 0 amide bonds. The van der Waals surface area contributed by atoms with Gasteiger partial charge in [-0.05, 0) is 61.8 Å². The van der Waals surface area contributed by atoms with Gasteiger partial charge in [0.15, 0.2) is 5.11 Å². The van der Waals surface area contributed by atoms with Crippen LogP contribution in [0.3, 0.4) is 0 Å². The minimum absolute atomic E-state index is 0.434. The van der Waals surface area contributed by atoms with E-state index in [0.717, 1.165) is 30.3 Å². The molecule has 3 fully saturated rings. The summed E-state index contributed by atoms with van der Waals surface area (Å²) >= 11 is 11.2. The molecule has 0 aliphatic carbocycles. The number of halogens is 1. The van der Waals surface area contributed by atoms with Crippen LogP contribution in [-0.4, -0.2) is 35.7 Å². The normalized spacial score (nSPS) is 29.6. The second-order valence-corrected chi connectivity index (χ2v) is 6.89. The second-order valence-electron chi connectivity index (χ2n) is 6.05. The molecule has 3 nitrogen and oxygen atoms in total. The Morgan fingerprint density at radius 3 is 2.82 bits per heavy atom. The second kappa shape index (κ2) is 6.87. The SMILES string of the molecule is C#C[C@H]1CN2CC[C@H]1C[C@@H]2CNC(=S)Nc1ccc(Cl)cc1. The average Bonchev–Trinajstić information content (AvgIpc) is 2.55. The molecule has 0 spiro atoms. The van der Waals surface area contributed by atoms with E-state index in [1.165, 1.54) is 12.8 Å². The van der Waals surface area contributed by atoms with Gasteiger partial charge in [-0.3, -0.25) is 4.90 Å². The van der Waals surface area contributed by atoms with Gasteiger partial charge in [0.2, 0.25) is 0 Å². The summed E-state index contributed by atoms with van der Waals surface area (Å²) < 4.78 is 0. The Bertz CT molecular complexity index is 581. The first-order valence-corrected chi connectivity index (χ1v) is 8.45. The lowest BCUT2D eigenvalue weighted by molar-refractivity contribution is 0.0248. The third kappa shape index (κ3) is 3.55. The molecule has 0 radical (unpaired) electrons. The molecule has 1 aromatic carbocycles. The van der Waals surface area contributed by atoms with E-state index in [-0.39, 0.29) is 0 Å². The highest BCUT2D eigenvalue weighted by Gasteiger charge is 2.38. The van der Waals surface area contributed by atoms with Gasteiger partial charge < -0.3 is 10.6 Å². The van der Waals surface area contributed by atoms with Crippen LogP contribution in [0.5, 0.6) is 0 Å². The molecule has 22 heavy (non-hydrogen) atoms. The molecule has 0 saturated carbocycles. The van der Waals surface area contributed by atoms with Crippen molar-refractivity contribution in [2.75, 3.05) is 25.0 Å². The van der Waals surface area contributed by atoms with E-state index >= 15 is 0 Å². The van der Waals surface area contributed by atoms with Crippen LogP contribution in [0.4, 0.5) is 5.69 Å². The van der Waals surface area contributed by atoms with Gasteiger partial charge >= 0.3 is 0 Å². The van der Waals surface area contributed by atoms with Crippen molar-refractivity contribution in [2.24, 2.45) is 11.8 Å². The summed E-state index contributed by atoms with van der Waals surface area (Å²) in [5, 5.41) is 7.88. The van der Waals surface area contributed by atoms with E-state index in [9.17, 15) is 0 Å². The van der Waals surface area contributed by atoms with Crippen LogP contribution < -0.4 is 10.6 Å². The Balaban J connectivity index is 1.48. The number of nitrogens with zero attached hydrogens (tertiary/aromatic N) is 1. The van der Waals surface area contributed by atoms with E-state index in [1.807, 2.05) is 24.3 Å². The number of piperidine rings is 3. The summed E-state index contributed by atoms with van der Waals surface area (Å²) in [6.07, 6.45) is 8.03. The summed E-state index contributed by atoms with van der Waals surface area (Å²) in [7, 11) is 0. The van der Waals surface area contributed by atoms with Crippen molar-refractivity contribution >= 4 is 34.6 Å². The molecule has 1 unspecified atom stereocenters. The third-order valence-electron chi connectivity index (χ3n) is 4.69. The monoisotopic (exact) mass is 333 g/mol. The topological polar surface area (TPSA) is 27.3 Å². The highest BCUT2D eigenvalue weighted by Crippen LogP contribution is 2.35. The van der Waals surface area contributed by atoms with Gasteiger partial charge in [-0.2, -0.15) is 0 Å². The molecule has 3 aliphatic heterocycles. The van der Waals surface area contributed by atoms with E-state index in [2.05, 4.69) is 21.5 Å². The fourth-order valence-electron chi connectivity index (χ4n) is 3.46. The van der Waals surface area contributed by atoms with Crippen molar-refractivity contribution in [1.29, 1.82) is 0 Å². The molecule has 5 heteroatoms. The molecule has 4 atom stereocenters. The number of hydrogen-bond acceptors (Lipinski definition) is 2. The average molecular weight is 334 g/mol. The fourth-order valence-corrected chi connectivity index (χ4v) is 3.79. The molecule has 3 aliphatic rings. The summed E-state index contributed by atoms with van der Waals surface area (Å²) in [5.74, 6) is 4.06. The first kappa shape index (κ1) is 15.6. The van der Waals surface area contributed by atoms with Gasteiger partial charge in [-0.25, -0.2) is 0 Å². The number of anilines is 1. The molecule has 4 rings (SSSR count). The van der Waals surface area contributed by atoms with Crippen LogP contribution >= 0.6 is 23.8 Å². The lowest BCUT2D eigenvalue weighted by Gasteiger charge is -2.48. The van der Waals surface area contributed by atoms with Crippen molar-refractivity contribution in [2.45, 2.75) is 18.9 Å². The fraction of sp³-hybridized carbons (Fsp3) is 0.471. The van der Waals surface area contributed by atoms with Crippen molar-refractivity contribution in [1.82, 2.24) is 10.2 Å². The minimum atomic E-state index is 0.434. The summed E-state index contributed by atoms with van der Waals surface area (Å²) in [4.78, 5) is 2.50. The maximum absolute atomic E-state index is 5.87. The number of terminal acetylenes is 1. The number of rotatable bonds is 3. The smallest absolute Gasteiger partial charge is 0.170 e. The van der Waals surface area contributed by atoms with Crippen LogP contribution in [0.15, 0.2) is 24.3 Å². The molecule has 2 bridgehead atoms. The molecule has 116 valence electrons. The quantitative estimate of drug-likeness (QED) is 0.657. The van der Waals surface area contributed by atoms with Crippen LogP contribution in [0.25, 0.3) is 0 Å². The van der Waals surface area contributed by atoms with Gasteiger partial charge in [-0.1, -0.05) is 11.6 Å². The first-order valence-electron chi connectivity index (χ1n) is 7.66. The Labute approximate surface area is 142 Å². The minimum Gasteiger partial charge on any atom is -0.361 e. The van der Waals surface area contributed by atoms with Crippen LogP contribution in [-0.2, 0) is 0 Å². The highest BCUT2D eigenvalue weighted by molar-refractivity contribution is 7.80. The Hall–Kier alpha value is -1.28. The zero-order valence-corrected chi connectivity index (χ0v) is 14.0. The number of benzene rings is 1. The Kier molecular flexibility index (Phi) is 4.87. The van der Waals surface area contributed by atoms with Crippen molar-refractivity contribution in [3.63, 3.8) is 0 Å². The number of fused-ring (bicyclic) bond motifs is 3. The van der Waals surface area contributed by atoms with E-state index in [0.29, 0.717) is 23.0 Å². The summed E-state index contributed by atoms with van der Waals surface area (Å²) in [6.45, 7) is 3.06. The molecule has 2 N–H and O–H groups in total. The number of nitrogens with one attached hydrogen (secondary N) is 2. The zero-order valence-electron chi connectivity index (χ0n) is 12.4. The predicted molar refractivity (Wildman–Crippen MR) is 96.1 cm³/mol. The van der Waals surface area contributed by atoms with Gasteiger partial charge in [0.25, 0.3) is 0 Å². The zero-order chi connectivity index (χ0) is 15.5. The van der Waals surface area contributed by atoms with E-state index in [1.54, 1.807) is 0 Å². The molecule has 0 aromatic heterocycles. The van der Waals surface area contributed by atoms with E-state index < -0.39 is 0 Å². The maximum atomic E-state index is 5.87. The van der Waals surface area contributed by atoms with Gasteiger partial charge in [-0.15, -0.1) is 12.3 Å². The number of thiocarbonyl (C=S) groups is 1. The summed E-state index contributed by atoms with van der Waals surface area (Å²) in [5.41, 5.74) is 0.944. The number of hydrogen-bond donors (Lipinski definition) is 2. The van der Waals surface area contributed by atoms with Crippen molar-refractivity contribution < 1.29 is 0 Å². The third-order valence-corrected chi connectivity index (χ3v) is 5.19. The van der Waals surface area contributed by atoms with Crippen LogP contribution in [0.2, 0.25) is 5.02 Å². The van der Waals surface area contributed by atoms with Gasteiger partial charge in [0, 0.05) is 35.8 Å². The molecule has 1 aromatic rings. The van der Waals surface area contributed by atoms with E-state index in [4.69, 9.17) is 30.2 Å². The lowest BCUT2D eigenvalue weighted by Crippen LogP contribution is -2.56. The Morgan fingerprint density at radius 2 is 2.18 bits per heavy atom. The van der Waals surface area contributed by atoms with Crippen molar-refractivity contribution in [3.05, 3.63) is 29.3 Å². The van der Waals surface area contributed by atoms with Gasteiger partial charge in [0.1, 0.15) is 0 Å². The van der Waals surface area contributed by atoms with Crippen LogP contribution in [0.1, 0.15) is 12.8 Å². The standard InChI is InChI=1S/C17H20ClN3S/c1-2-12-11-21-8-7-13(12)9-16(21)10-19-17(22)20-15-5-3-14(18)4-6-15/h1,3-6,12-13,16H,7-11H2,(H2,19,20,22)/t12-,13-,16+/m0/s1. The predicted octanol–water partition coefficient (Wildman–Crippen LogP) is 2.97. The largest absolute Gasteiger partial charge is 0.361 e. The first-order chi connectivity index (χ1) is 10.7. The lowest BCUT2D eigenvalue weighted by atomic mass is 9.76. The summed E-state index contributed by atoms with van der Waals surface area (Å²) in [6, 6.07) is 8.06. The highest BCUT2D eigenvalue weighted by atomic mass is 35.5. The molecule has 3 saturated heterocycles. The van der Waals surface area contributed by atoms with Crippen LogP contribution in [0, 0.1) is 24.2 Å². The maximum Gasteiger partial charge on any atom is 0.170 e. The van der Waals surface area contributed by atoms with Gasteiger partial charge in [0.05, 0.1) is 0 Å². The molecular weight excluding hydrogens is 314 g/mol. The molecule has 3 heterocycles. The van der Waals surface area contributed by atoms with Crippen molar-refractivity contribution in [3.8, 4) is 12.3 Å². The Morgan fingerprint density at radius 1 is 1.41 bits per heavy atom. The molecular formula is C17H20ClN3S.